The van der Waals surface area contributed by atoms with Crippen LogP contribution >= 0.6 is 0 Å². The molecule has 94 valence electrons. The van der Waals surface area contributed by atoms with E-state index < -0.39 is 0 Å². The molecule has 17 heavy (non-hydrogen) atoms. The number of aromatic nitrogens is 2. The Labute approximate surface area is 103 Å². The van der Waals surface area contributed by atoms with E-state index in [1.807, 2.05) is 0 Å². The fourth-order valence-electron chi connectivity index (χ4n) is 3.15. The SMILES string of the molecule is CN1CCC[C@H](c2[nH]nc3c2CCCCN3)C1. The molecule has 4 nitrogen and oxygen atoms in total. The first-order valence-corrected chi connectivity index (χ1v) is 6.84. The maximum Gasteiger partial charge on any atom is 0.151 e. The number of likely N-dealkylation sites (N-methyl/N-ethyl adjacent to an activating group) is 1. The highest BCUT2D eigenvalue weighted by atomic mass is 15.2. The topological polar surface area (TPSA) is 44.0 Å². The number of aromatic amines is 1. The molecular formula is C13H22N4. The number of hydrogen-bond acceptors (Lipinski definition) is 3. The zero-order valence-corrected chi connectivity index (χ0v) is 10.6. The minimum Gasteiger partial charge on any atom is -0.368 e. The van der Waals surface area contributed by atoms with E-state index >= 15 is 0 Å². The minimum atomic E-state index is 0.657. The molecule has 0 aliphatic carbocycles. The van der Waals surface area contributed by atoms with E-state index in [4.69, 9.17) is 0 Å². The summed E-state index contributed by atoms with van der Waals surface area (Å²) in [6.07, 6.45) is 6.35. The Hall–Kier alpha value is -1.03. The first-order chi connectivity index (χ1) is 8.34. The molecule has 0 bridgehead atoms. The number of rotatable bonds is 1. The lowest BCUT2D eigenvalue weighted by Gasteiger charge is -2.29. The average Bonchev–Trinajstić information content (AvgIpc) is 2.59. The van der Waals surface area contributed by atoms with Crippen LogP contribution in [0.2, 0.25) is 0 Å². The normalized spacial score (nSPS) is 26.1. The Kier molecular flexibility index (Phi) is 3.05. The lowest BCUT2D eigenvalue weighted by Crippen LogP contribution is -2.31. The number of nitrogens with zero attached hydrogens (tertiary/aromatic N) is 2. The largest absolute Gasteiger partial charge is 0.368 e. The summed E-state index contributed by atoms with van der Waals surface area (Å²) in [4.78, 5) is 2.44. The van der Waals surface area contributed by atoms with Crippen molar-refractivity contribution in [3.05, 3.63) is 11.3 Å². The van der Waals surface area contributed by atoms with Gasteiger partial charge in [0.05, 0.1) is 0 Å². The highest BCUT2D eigenvalue weighted by Gasteiger charge is 2.25. The van der Waals surface area contributed by atoms with Crippen LogP contribution in [0.25, 0.3) is 0 Å². The lowest BCUT2D eigenvalue weighted by atomic mass is 9.91. The summed E-state index contributed by atoms with van der Waals surface area (Å²) in [5.41, 5.74) is 2.86. The van der Waals surface area contributed by atoms with Gasteiger partial charge < -0.3 is 10.2 Å². The van der Waals surface area contributed by atoms with Gasteiger partial charge in [0.15, 0.2) is 5.82 Å². The molecule has 1 aromatic heterocycles. The average molecular weight is 234 g/mol. The number of anilines is 1. The van der Waals surface area contributed by atoms with Gasteiger partial charge in [-0.25, -0.2) is 0 Å². The summed E-state index contributed by atoms with van der Waals surface area (Å²) in [6, 6.07) is 0. The van der Waals surface area contributed by atoms with Crippen molar-refractivity contribution >= 4 is 5.82 Å². The highest BCUT2D eigenvalue weighted by molar-refractivity contribution is 5.48. The molecule has 2 aliphatic heterocycles. The fraction of sp³-hybridized carbons (Fsp3) is 0.769. The van der Waals surface area contributed by atoms with Crippen LogP contribution in [0.1, 0.15) is 42.9 Å². The van der Waals surface area contributed by atoms with E-state index in [1.165, 1.54) is 56.5 Å². The van der Waals surface area contributed by atoms with Gasteiger partial charge in [0.1, 0.15) is 0 Å². The van der Waals surface area contributed by atoms with Crippen molar-refractivity contribution in [3.63, 3.8) is 0 Å². The van der Waals surface area contributed by atoms with Crippen LogP contribution in [0, 0.1) is 0 Å². The Morgan fingerprint density at radius 1 is 1.29 bits per heavy atom. The van der Waals surface area contributed by atoms with Gasteiger partial charge in [-0.15, -0.1) is 0 Å². The lowest BCUT2D eigenvalue weighted by molar-refractivity contribution is 0.248. The minimum absolute atomic E-state index is 0.657. The molecule has 2 aliphatic rings. The molecule has 0 unspecified atom stereocenters. The first-order valence-electron chi connectivity index (χ1n) is 6.84. The molecule has 0 amide bonds. The molecule has 0 spiro atoms. The molecule has 3 heterocycles. The number of H-pyrrole nitrogens is 1. The molecule has 2 N–H and O–H groups in total. The van der Waals surface area contributed by atoms with Crippen molar-refractivity contribution in [3.8, 4) is 0 Å². The van der Waals surface area contributed by atoms with Crippen LogP contribution in [0.15, 0.2) is 0 Å². The molecule has 1 aromatic rings. The number of fused-ring (bicyclic) bond motifs is 1. The van der Waals surface area contributed by atoms with Gasteiger partial charge in [-0.3, -0.25) is 5.10 Å². The third-order valence-electron chi connectivity index (χ3n) is 4.08. The zero-order valence-electron chi connectivity index (χ0n) is 10.6. The predicted octanol–water partition coefficient (Wildman–Crippen LogP) is 1.97. The Bertz CT molecular complexity index is 385. The Balaban J connectivity index is 1.84. The van der Waals surface area contributed by atoms with Gasteiger partial charge in [-0.1, -0.05) is 0 Å². The smallest absolute Gasteiger partial charge is 0.151 e. The van der Waals surface area contributed by atoms with E-state index in [2.05, 4.69) is 27.5 Å². The molecule has 0 aromatic carbocycles. The molecule has 0 saturated carbocycles. The first kappa shape index (κ1) is 11.1. The van der Waals surface area contributed by atoms with Crippen LogP contribution in [-0.2, 0) is 6.42 Å². The van der Waals surface area contributed by atoms with E-state index in [1.54, 1.807) is 0 Å². The van der Waals surface area contributed by atoms with Crippen LogP contribution in [-0.4, -0.2) is 41.8 Å². The highest BCUT2D eigenvalue weighted by Crippen LogP contribution is 2.32. The molecular weight excluding hydrogens is 212 g/mol. The summed E-state index contributed by atoms with van der Waals surface area (Å²) in [5.74, 6) is 1.77. The maximum absolute atomic E-state index is 4.46. The molecule has 1 fully saturated rings. The molecule has 1 saturated heterocycles. The predicted molar refractivity (Wildman–Crippen MR) is 69.5 cm³/mol. The van der Waals surface area contributed by atoms with E-state index in [9.17, 15) is 0 Å². The summed E-state index contributed by atoms with van der Waals surface area (Å²) < 4.78 is 0. The van der Waals surface area contributed by atoms with Crippen LogP contribution in [0.5, 0.6) is 0 Å². The second-order valence-electron chi connectivity index (χ2n) is 5.45. The summed E-state index contributed by atoms with van der Waals surface area (Å²) in [7, 11) is 2.22. The molecule has 0 radical (unpaired) electrons. The molecule has 1 atom stereocenters. The fourth-order valence-corrected chi connectivity index (χ4v) is 3.15. The van der Waals surface area contributed by atoms with Crippen LogP contribution < -0.4 is 5.32 Å². The van der Waals surface area contributed by atoms with Gasteiger partial charge >= 0.3 is 0 Å². The molecule has 4 heteroatoms. The van der Waals surface area contributed by atoms with E-state index in [0.717, 1.165) is 12.4 Å². The van der Waals surface area contributed by atoms with Gasteiger partial charge in [0, 0.05) is 30.3 Å². The summed E-state index contributed by atoms with van der Waals surface area (Å²) in [6.45, 7) is 3.49. The van der Waals surface area contributed by atoms with Crippen molar-refractivity contribution < 1.29 is 0 Å². The van der Waals surface area contributed by atoms with E-state index in [-0.39, 0.29) is 0 Å². The Morgan fingerprint density at radius 3 is 3.12 bits per heavy atom. The van der Waals surface area contributed by atoms with Crippen LogP contribution in [0.3, 0.4) is 0 Å². The summed E-state index contributed by atoms with van der Waals surface area (Å²) in [5, 5.41) is 11.2. The number of likely N-dealkylation sites (tertiary alicyclic amines) is 1. The third kappa shape index (κ3) is 2.18. The number of nitrogens with one attached hydrogen (secondary N) is 2. The van der Waals surface area contributed by atoms with Gasteiger partial charge in [-0.2, -0.15) is 5.10 Å². The van der Waals surface area contributed by atoms with E-state index in [0.29, 0.717) is 5.92 Å². The zero-order chi connectivity index (χ0) is 11.7. The number of piperidine rings is 1. The van der Waals surface area contributed by atoms with Gasteiger partial charge in [0.25, 0.3) is 0 Å². The van der Waals surface area contributed by atoms with Crippen molar-refractivity contribution in [2.75, 3.05) is 32.0 Å². The van der Waals surface area contributed by atoms with Crippen molar-refractivity contribution in [2.24, 2.45) is 0 Å². The molecule has 3 rings (SSSR count). The Morgan fingerprint density at radius 2 is 2.24 bits per heavy atom. The number of hydrogen-bond donors (Lipinski definition) is 2. The summed E-state index contributed by atoms with van der Waals surface area (Å²) >= 11 is 0. The van der Waals surface area contributed by atoms with Gasteiger partial charge in [-0.05, 0) is 45.7 Å². The second kappa shape index (κ2) is 4.69. The van der Waals surface area contributed by atoms with Crippen LogP contribution in [0.4, 0.5) is 5.82 Å². The maximum atomic E-state index is 4.46. The standard InChI is InChI=1S/C13H22N4/c1-17-8-4-5-10(9-17)12-11-6-2-3-7-14-13(11)16-15-12/h10H,2-9H2,1H3,(H2,14,15,16)/t10-/m0/s1. The third-order valence-corrected chi connectivity index (χ3v) is 4.08. The quantitative estimate of drug-likeness (QED) is 0.781. The second-order valence-corrected chi connectivity index (χ2v) is 5.45. The van der Waals surface area contributed by atoms with Gasteiger partial charge in [0.2, 0.25) is 0 Å². The van der Waals surface area contributed by atoms with Crippen molar-refractivity contribution in [1.82, 2.24) is 15.1 Å². The van der Waals surface area contributed by atoms with Crippen molar-refractivity contribution in [2.45, 2.75) is 38.0 Å². The van der Waals surface area contributed by atoms with Crippen molar-refractivity contribution in [1.29, 1.82) is 0 Å². The monoisotopic (exact) mass is 234 g/mol.